The van der Waals surface area contributed by atoms with Crippen molar-refractivity contribution in [2.75, 3.05) is 6.61 Å². The van der Waals surface area contributed by atoms with Crippen molar-refractivity contribution in [2.45, 2.75) is 57.2 Å². The third-order valence-electron chi connectivity index (χ3n) is 3.99. The van der Waals surface area contributed by atoms with Crippen LogP contribution >= 0.6 is 0 Å². The SMILES string of the molecule is CCOC1CC(NC2CCCc3occc32)C1. The fourth-order valence-electron chi connectivity index (χ4n) is 3.02. The molecule has 1 saturated carbocycles. The smallest absolute Gasteiger partial charge is 0.108 e. The minimum absolute atomic E-state index is 0.491. The summed E-state index contributed by atoms with van der Waals surface area (Å²) in [6, 6.07) is 3.27. The van der Waals surface area contributed by atoms with Gasteiger partial charge in [0.2, 0.25) is 0 Å². The number of hydrogen-bond donors (Lipinski definition) is 1. The van der Waals surface area contributed by atoms with Crippen molar-refractivity contribution in [1.29, 1.82) is 0 Å². The Morgan fingerprint density at radius 2 is 2.35 bits per heavy atom. The number of rotatable bonds is 4. The van der Waals surface area contributed by atoms with E-state index in [-0.39, 0.29) is 0 Å². The number of hydrogen-bond acceptors (Lipinski definition) is 3. The first kappa shape index (κ1) is 11.3. The summed E-state index contributed by atoms with van der Waals surface area (Å²) in [6.07, 6.45) is 8.23. The van der Waals surface area contributed by atoms with Crippen LogP contribution in [0.25, 0.3) is 0 Å². The van der Waals surface area contributed by atoms with E-state index in [4.69, 9.17) is 9.15 Å². The molecule has 3 rings (SSSR count). The van der Waals surface area contributed by atoms with Gasteiger partial charge < -0.3 is 14.5 Å². The second-order valence-corrected chi connectivity index (χ2v) is 5.16. The summed E-state index contributed by atoms with van der Waals surface area (Å²) >= 11 is 0. The van der Waals surface area contributed by atoms with Crippen LogP contribution in [0.15, 0.2) is 16.7 Å². The molecular formula is C14H21NO2. The van der Waals surface area contributed by atoms with Gasteiger partial charge in [-0.05, 0) is 38.7 Å². The Bertz CT molecular complexity index is 368. The van der Waals surface area contributed by atoms with Crippen molar-refractivity contribution in [3.8, 4) is 0 Å². The predicted octanol–water partition coefficient (Wildman–Crippen LogP) is 2.81. The van der Waals surface area contributed by atoms with E-state index in [0.29, 0.717) is 18.2 Å². The number of nitrogens with one attached hydrogen (secondary N) is 1. The molecule has 1 atom stereocenters. The summed E-state index contributed by atoms with van der Waals surface area (Å²) in [5.41, 5.74) is 1.39. The van der Waals surface area contributed by atoms with Crippen LogP contribution in [0, 0.1) is 0 Å². The van der Waals surface area contributed by atoms with Crippen LogP contribution in [0.1, 0.15) is 50.0 Å². The maximum atomic E-state index is 5.59. The highest BCUT2D eigenvalue weighted by atomic mass is 16.5. The summed E-state index contributed by atoms with van der Waals surface area (Å²) in [4.78, 5) is 0. The molecule has 0 radical (unpaired) electrons. The zero-order chi connectivity index (χ0) is 11.7. The molecule has 2 aliphatic carbocycles. The van der Waals surface area contributed by atoms with Crippen molar-refractivity contribution in [2.24, 2.45) is 0 Å². The lowest BCUT2D eigenvalue weighted by Gasteiger charge is -2.38. The lowest BCUT2D eigenvalue weighted by Crippen LogP contribution is -2.47. The van der Waals surface area contributed by atoms with Crippen LogP contribution in [-0.4, -0.2) is 18.8 Å². The van der Waals surface area contributed by atoms with Crippen molar-refractivity contribution in [3.05, 3.63) is 23.7 Å². The third-order valence-corrected chi connectivity index (χ3v) is 3.99. The third kappa shape index (κ3) is 2.26. The molecule has 0 bridgehead atoms. The molecule has 0 saturated heterocycles. The van der Waals surface area contributed by atoms with Gasteiger partial charge >= 0.3 is 0 Å². The van der Waals surface area contributed by atoms with Crippen LogP contribution in [0.5, 0.6) is 0 Å². The standard InChI is InChI=1S/C14H21NO2/c1-2-16-11-8-10(9-11)15-13-4-3-5-14-12(13)6-7-17-14/h6-7,10-11,13,15H,2-5,8-9H2,1H3. The minimum Gasteiger partial charge on any atom is -0.469 e. The van der Waals surface area contributed by atoms with Gasteiger partial charge in [0.05, 0.1) is 12.4 Å². The minimum atomic E-state index is 0.491. The van der Waals surface area contributed by atoms with Gasteiger partial charge in [0.25, 0.3) is 0 Å². The Balaban J connectivity index is 1.54. The molecular weight excluding hydrogens is 214 g/mol. The number of ether oxygens (including phenoxy) is 1. The van der Waals surface area contributed by atoms with Gasteiger partial charge in [-0.25, -0.2) is 0 Å². The first-order chi connectivity index (χ1) is 8.36. The van der Waals surface area contributed by atoms with Crippen molar-refractivity contribution in [3.63, 3.8) is 0 Å². The lowest BCUT2D eigenvalue weighted by atomic mass is 9.86. The number of aryl methyl sites for hydroxylation is 1. The molecule has 1 fully saturated rings. The fraction of sp³-hybridized carbons (Fsp3) is 0.714. The Labute approximate surface area is 103 Å². The molecule has 0 aromatic carbocycles. The predicted molar refractivity (Wildman–Crippen MR) is 66.0 cm³/mol. The van der Waals surface area contributed by atoms with Crippen molar-refractivity contribution >= 4 is 0 Å². The molecule has 1 aromatic heterocycles. The highest BCUT2D eigenvalue weighted by molar-refractivity contribution is 5.24. The normalized spacial score (nSPS) is 31.9. The van der Waals surface area contributed by atoms with Gasteiger partial charge in [-0.3, -0.25) is 0 Å². The van der Waals surface area contributed by atoms with Crippen LogP contribution in [0.4, 0.5) is 0 Å². The number of furan rings is 1. The first-order valence-corrected chi connectivity index (χ1v) is 6.80. The van der Waals surface area contributed by atoms with E-state index in [2.05, 4.69) is 18.3 Å². The quantitative estimate of drug-likeness (QED) is 0.871. The Morgan fingerprint density at radius 1 is 1.47 bits per heavy atom. The molecule has 0 amide bonds. The van der Waals surface area contributed by atoms with E-state index < -0.39 is 0 Å². The van der Waals surface area contributed by atoms with Gasteiger partial charge in [-0.2, -0.15) is 0 Å². The highest BCUT2D eigenvalue weighted by Gasteiger charge is 2.33. The summed E-state index contributed by atoms with van der Waals surface area (Å²) in [5, 5.41) is 3.75. The monoisotopic (exact) mass is 235 g/mol. The molecule has 0 aliphatic heterocycles. The van der Waals surface area contributed by atoms with Crippen molar-refractivity contribution in [1.82, 2.24) is 5.32 Å². The summed E-state index contributed by atoms with van der Waals surface area (Å²) in [7, 11) is 0. The first-order valence-electron chi connectivity index (χ1n) is 6.80. The van der Waals surface area contributed by atoms with Crippen LogP contribution in [0.2, 0.25) is 0 Å². The molecule has 1 N–H and O–H groups in total. The molecule has 17 heavy (non-hydrogen) atoms. The Morgan fingerprint density at radius 3 is 3.18 bits per heavy atom. The summed E-state index contributed by atoms with van der Waals surface area (Å²) in [6.45, 7) is 2.91. The Hall–Kier alpha value is -0.800. The van der Waals surface area contributed by atoms with Gasteiger partial charge in [0.1, 0.15) is 5.76 Å². The number of fused-ring (bicyclic) bond motifs is 1. The zero-order valence-corrected chi connectivity index (χ0v) is 10.4. The topological polar surface area (TPSA) is 34.4 Å². The summed E-state index contributed by atoms with van der Waals surface area (Å²) < 4.78 is 11.1. The molecule has 1 aromatic rings. The van der Waals surface area contributed by atoms with Crippen molar-refractivity contribution < 1.29 is 9.15 Å². The maximum absolute atomic E-state index is 5.59. The van der Waals surface area contributed by atoms with E-state index in [1.807, 2.05) is 6.26 Å². The molecule has 1 heterocycles. The molecule has 3 heteroatoms. The van der Waals surface area contributed by atoms with Crippen LogP contribution in [-0.2, 0) is 11.2 Å². The molecule has 94 valence electrons. The second-order valence-electron chi connectivity index (χ2n) is 5.16. The van der Waals surface area contributed by atoms with E-state index in [1.54, 1.807) is 0 Å². The zero-order valence-electron chi connectivity index (χ0n) is 10.4. The maximum Gasteiger partial charge on any atom is 0.108 e. The summed E-state index contributed by atoms with van der Waals surface area (Å²) in [5.74, 6) is 1.19. The lowest BCUT2D eigenvalue weighted by molar-refractivity contribution is -0.0129. The molecule has 2 aliphatic rings. The largest absolute Gasteiger partial charge is 0.469 e. The Kier molecular flexibility index (Phi) is 3.21. The highest BCUT2D eigenvalue weighted by Crippen LogP contribution is 2.33. The second kappa shape index (κ2) is 4.83. The fourth-order valence-corrected chi connectivity index (χ4v) is 3.02. The average molecular weight is 235 g/mol. The molecule has 3 nitrogen and oxygen atoms in total. The van der Waals surface area contributed by atoms with Gasteiger partial charge in [0.15, 0.2) is 0 Å². The van der Waals surface area contributed by atoms with E-state index in [9.17, 15) is 0 Å². The molecule has 0 spiro atoms. The van der Waals surface area contributed by atoms with Gasteiger partial charge in [-0.15, -0.1) is 0 Å². The van der Waals surface area contributed by atoms with Crippen LogP contribution < -0.4 is 5.32 Å². The van der Waals surface area contributed by atoms with Gasteiger partial charge in [-0.1, -0.05) is 0 Å². The average Bonchev–Trinajstić information content (AvgIpc) is 2.75. The van der Waals surface area contributed by atoms with Crippen LogP contribution in [0.3, 0.4) is 0 Å². The van der Waals surface area contributed by atoms with E-state index in [0.717, 1.165) is 25.9 Å². The molecule has 1 unspecified atom stereocenters. The van der Waals surface area contributed by atoms with E-state index >= 15 is 0 Å². The van der Waals surface area contributed by atoms with E-state index in [1.165, 1.54) is 24.2 Å². The van der Waals surface area contributed by atoms with Gasteiger partial charge in [0, 0.05) is 30.7 Å².